The highest BCUT2D eigenvalue weighted by atomic mass is 16.5. The summed E-state index contributed by atoms with van der Waals surface area (Å²) in [4.78, 5) is 42.5. The third kappa shape index (κ3) is 5.64. The second-order valence-corrected chi connectivity index (χ2v) is 9.40. The molecule has 8 heteroatoms. The number of carbonyl (C=O) groups is 2. The van der Waals surface area contributed by atoms with Crippen LogP contribution in [-0.4, -0.2) is 39.4 Å². The summed E-state index contributed by atoms with van der Waals surface area (Å²) in [5.74, 6) is 0.0150. The highest BCUT2D eigenvalue weighted by Crippen LogP contribution is 2.32. The van der Waals surface area contributed by atoms with Gasteiger partial charge in [-0.15, -0.1) is 0 Å². The van der Waals surface area contributed by atoms with E-state index in [2.05, 4.69) is 20.3 Å². The minimum absolute atomic E-state index is 0.0737. The van der Waals surface area contributed by atoms with Gasteiger partial charge in [0.2, 0.25) is 5.91 Å². The first-order valence-corrected chi connectivity index (χ1v) is 13.1. The van der Waals surface area contributed by atoms with Crippen molar-refractivity contribution in [1.82, 2.24) is 20.3 Å². The molecular weight excluding hydrogens is 478 g/mol. The van der Waals surface area contributed by atoms with E-state index < -0.39 is 11.9 Å². The summed E-state index contributed by atoms with van der Waals surface area (Å²) >= 11 is 0. The van der Waals surface area contributed by atoms with Crippen LogP contribution in [-0.2, 0) is 4.79 Å². The maximum Gasteiger partial charge on any atom is 0.279 e. The normalized spacial score (nSPS) is 14.6. The van der Waals surface area contributed by atoms with Gasteiger partial charge in [-0.1, -0.05) is 49.6 Å². The number of benzene rings is 2. The van der Waals surface area contributed by atoms with E-state index in [9.17, 15) is 9.59 Å². The molecule has 8 nitrogen and oxygen atoms in total. The average Bonchev–Trinajstić information content (AvgIpc) is 2.97. The molecule has 1 aliphatic carbocycles. The topological polar surface area (TPSA) is 97.3 Å². The minimum atomic E-state index is -0.954. The Bertz CT molecular complexity index is 1390. The van der Waals surface area contributed by atoms with Gasteiger partial charge in [-0.2, -0.15) is 0 Å². The molecule has 0 saturated heterocycles. The quantitative estimate of drug-likeness (QED) is 0.348. The van der Waals surface area contributed by atoms with Gasteiger partial charge in [-0.3, -0.25) is 24.5 Å². The molecule has 0 aliphatic heterocycles. The molecule has 1 fully saturated rings. The highest BCUT2D eigenvalue weighted by molar-refractivity contribution is 6.09. The molecule has 1 N–H and O–H groups in total. The summed E-state index contributed by atoms with van der Waals surface area (Å²) in [5, 5.41) is 4.09. The monoisotopic (exact) mass is 509 g/mol. The predicted molar refractivity (Wildman–Crippen MR) is 146 cm³/mol. The third-order valence-electron chi connectivity index (χ3n) is 6.82. The lowest BCUT2D eigenvalue weighted by molar-refractivity contribution is -0.123. The predicted octanol–water partition coefficient (Wildman–Crippen LogP) is 5.26. The van der Waals surface area contributed by atoms with Crippen LogP contribution in [0, 0.1) is 0 Å². The van der Waals surface area contributed by atoms with Crippen LogP contribution in [0.25, 0.3) is 10.9 Å². The standard InChI is InChI=1S/C30H31N5O3/c1-2-38-25-14-12-21(13-15-25)28(29(36)34-23-9-4-3-5-10-23)35(30(37)27-20-31-16-17-32-27)24-18-22-8-6-7-11-26(22)33-19-24/h6-8,11-20,23,28H,2-5,9-10H2,1H3,(H,34,36)/t28-/m0/s1. The molecular formula is C30H31N5O3. The van der Waals surface area contributed by atoms with Gasteiger partial charge in [0, 0.05) is 23.8 Å². The summed E-state index contributed by atoms with van der Waals surface area (Å²) in [5.41, 5.74) is 2.10. The number of nitrogens with zero attached hydrogens (tertiary/aromatic N) is 4. The first-order valence-electron chi connectivity index (χ1n) is 13.1. The van der Waals surface area contributed by atoms with Crippen molar-refractivity contribution in [2.45, 2.75) is 51.1 Å². The Morgan fingerprint density at radius 3 is 2.53 bits per heavy atom. The van der Waals surface area contributed by atoms with E-state index in [1.165, 1.54) is 29.9 Å². The Kier molecular flexibility index (Phi) is 7.87. The van der Waals surface area contributed by atoms with Gasteiger partial charge in [0.1, 0.15) is 17.5 Å². The van der Waals surface area contributed by atoms with Crippen molar-refractivity contribution in [3.8, 4) is 5.75 Å². The van der Waals surface area contributed by atoms with Crippen LogP contribution in [0.3, 0.4) is 0 Å². The fourth-order valence-corrected chi connectivity index (χ4v) is 4.97. The van der Waals surface area contributed by atoms with Gasteiger partial charge >= 0.3 is 0 Å². The molecule has 0 radical (unpaired) electrons. The summed E-state index contributed by atoms with van der Waals surface area (Å²) in [6, 6.07) is 16.0. The number of para-hydroxylation sites is 1. The second-order valence-electron chi connectivity index (χ2n) is 9.40. The maximum absolute atomic E-state index is 14.1. The third-order valence-corrected chi connectivity index (χ3v) is 6.82. The molecule has 2 heterocycles. The number of anilines is 1. The molecule has 194 valence electrons. The van der Waals surface area contributed by atoms with Crippen molar-refractivity contribution < 1.29 is 14.3 Å². The van der Waals surface area contributed by atoms with Gasteiger partial charge in [0.25, 0.3) is 5.91 Å². The Labute approximate surface area is 222 Å². The lowest BCUT2D eigenvalue weighted by Gasteiger charge is -2.33. The van der Waals surface area contributed by atoms with Crippen LogP contribution in [0.4, 0.5) is 5.69 Å². The Hall–Kier alpha value is -4.33. The molecule has 38 heavy (non-hydrogen) atoms. The molecule has 4 aromatic rings. The van der Waals surface area contributed by atoms with E-state index >= 15 is 0 Å². The Morgan fingerprint density at radius 2 is 1.79 bits per heavy atom. The Balaban J connectivity index is 1.62. The van der Waals surface area contributed by atoms with Crippen LogP contribution in [0.2, 0.25) is 0 Å². The molecule has 0 bridgehead atoms. The van der Waals surface area contributed by atoms with E-state index in [-0.39, 0.29) is 17.6 Å². The van der Waals surface area contributed by atoms with Crippen molar-refractivity contribution in [1.29, 1.82) is 0 Å². The number of aromatic nitrogens is 3. The van der Waals surface area contributed by atoms with Gasteiger partial charge < -0.3 is 10.1 Å². The fraction of sp³-hybridized carbons (Fsp3) is 0.300. The van der Waals surface area contributed by atoms with Gasteiger partial charge in [0.05, 0.1) is 30.2 Å². The lowest BCUT2D eigenvalue weighted by atomic mass is 9.94. The lowest BCUT2D eigenvalue weighted by Crippen LogP contribution is -2.47. The van der Waals surface area contributed by atoms with Crippen LogP contribution < -0.4 is 15.0 Å². The number of pyridine rings is 1. The van der Waals surface area contributed by atoms with Crippen LogP contribution in [0.15, 0.2) is 79.4 Å². The number of hydrogen-bond donors (Lipinski definition) is 1. The van der Waals surface area contributed by atoms with E-state index in [1.54, 1.807) is 6.20 Å². The van der Waals surface area contributed by atoms with Crippen LogP contribution >= 0.6 is 0 Å². The molecule has 0 unspecified atom stereocenters. The van der Waals surface area contributed by atoms with Crippen molar-refractivity contribution >= 4 is 28.4 Å². The second kappa shape index (κ2) is 11.8. The van der Waals surface area contributed by atoms with E-state index in [1.807, 2.05) is 61.5 Å². The largest absolute Gasteiger partial charge is 0.494 e. The van der Waals surface area contributed by atoms with Crippen molar-refractivity contribution in [3.05, 3.63) is 90.6 Å². The number of amides is 2. The van der Waals surface area contributed by atoms with Gasteiger partial charge in [-0.05, 0) is 49.6 Å². The molecule has 2 aromatic carbocycles. The zero-order chi connectivity index (χ0) is 26.3. The highest BCUT2D eigenvalue weighted by Gasteiger charge is 2.35. The average molecular weight is 510 g/mol. The number of carbonyl (C=O) groups excluding carboxylic acids is 2. The number of rotatable bonds is 8. The molecule has 1 saturated carbocycles. The number of nitrogens with one attached hydrogen (secondary N) is 1. The van der Waals surface area contributed by atoms with Gasteiger partial charge in [0.15, 0.2) is 0 Å². The van der Waals surface area contributed by atoms with E-state index in [0.29, 0.717) is 23.6 Å². The summed E-state index contributed by atoms with van der Waals surface area (Å²) in [7, 11) is 0. The number of hydrogen-bond acceptors (Lipinski definition) is 6. The van der Waals surface area contributed by atoms with E-state index in [0.717, 1.165) is 36.6 Å². The first-order chi connectivity index (χ1) is 18.6. The van der Waals surface area contributed by atoms with Crippen molar-refractivity contribution in [2.24, 2.45) is 0 Å². The molecule has 0 spiro atoms. The summed E-state index contributed by atoms with van der Waals surface area (Å²) in [6.07, 6.45) is 11.2. The van der Waals surface area contributed by atoms with Crippen molar-refractivity contribution in [3.63, 3.8) is 0 Å². The molecule has 1 aliphatic rings. The maximum atomic E-state index is 14.1. The Morgan fingerprint density at radius 1 is 1.00 bits per heavy atom. The van der Waals surface area contributed by atoms with E-state index in [4.69, 9.17) is 4.74 Å². The molecule has 1 atom stereocenters. The zero-order valence-electron chi connectivity index (χ0n) is 21.4. The number of ether oxygens (including phenoxy) is 1. The smallest absolute Gasteiger partial charge is 0.279 e. The van der Waals surface area contributed by atoms with Crippen molar-refractivity contribution in [2.75, 3.05) is 11.5 Å². The molecule has 5 rings (SSSR count). The number of fused-ring (bicyclic) bond motifs is 1. The zero-order valence-corrected chi connectivity index (χ0v) is 21.4. The van der Waals surface area contributed by atoms with Crippen LogP contribution in [0.5, 0.6) is 5.75 Å². The molecule has 2 amide bonds. The fourth-order valence-electron chi connectivity index (χ4n) is 4.97. The summed E-state index contributed by atoms with van der Waals surface area (Å²) in [6.45, 7) is 2.45. The van der Waals surface area contributed by atoms with Crippen LogP contribution in [0.1, 0.15) is 61.1 Å². The first kappa shape index (κ1) is 25.3. The summed E-state index contributed by atoms with van der Waals surface area (Å²) < 4.78 is 5.62. The minimum Gasteiger partial charge on any atom is -0.494 e. The van der Waals surface area contributed by atoms with Gasteiger partial charge in [-0.25, -0.2) is 4.98 Å². The SMILES string of the molecule is CCOc1ccc([C@@H](C(=O)NC2CCCCC2)N(C(=O)c2cnccn2)c2cnc3ccccc3c2)cc1. The molecule has 2 aromatic heterocycles.